The Morgan fingerprint density at radius 2 is 2.25 bits per heavy atom. The van der Waals surface area contributed by atoms with Crippen molar-refractivity contribution in [1.29, 1.82) is 0 Å². The van der Waals surface area contributed by atoms with Crippen molar-refractivity contribution in [3.63, 3.8) is 0 Å². The fourth-order valence-corrected chi connectivity index (χ4v) is 1.24. The Morgan fingerprint density at radius 1 is 1.56 bits per heavy atom. The Bertz CT molecular complexity index is 350. The minimum atomic E-state index is -0.0619. The summed E-state index contributed by atoms with van der Waals surface area (Å²) in [6, 6.07) is 0.214. The molecule has 6 nitrogen and oxygen atoms in total. The minimum Gasteiger partial charge on any atom is -0.466 e. The van der Waals surface area contributed by atoms with E-state index in [1.807, 2.05) is 13.8 Å². The van der Waals surface area contributed by atoms with Crippen molar-refractivity contribution in [3.05, 3.63) is 0 Å². The molecule has 0 aliphatic heterocycles. The van der Waals surface area contributed by atoms with Crippen molar-refractivity contribution in [2.24, 2.45) is 11.8 Å². The predicted octanol–water partition coefficient (Wildman–Crippen LogP) is 1.43. The van der Waals surface area contributed by atoms with E-state index in [9.17, 15) is 4.79 Å². The number of methoxy groups -OCH3 is 1. The number of hydrogen-bond donors (Lipinski definition) is 2. The number of carbonyl (C=O) groups excluding carboxylic acids is 1. The average molecular weight is 226 g/mol. The number of ether oxygens (including phenoxy) is 1. The van der Waals surface area contributed by atoms with Crippen molar-refractivity contribution < 1.29 is 9.53 Å². The maximum absolute atomic E-state index is 11.8. The van der Waals surface area contributed by atoms with Gasteiger partial charge in [-0.1, -0.05) is 27.2 Å². The highest BCUT2D eigenvalue weighted by Gasteiger charge is 2.19. The van der Waals surface area contributed by atoms with Crippen LogP contribution in [0.5, 0.6) is 6.01 Å². The Balaban J connectivity index is 2.57. The standard InChI is InChI=1S/C10H18N4O2/c1-5-6(2)7(3)8(15)11-9-12-10(16-4)14-13-9/h6-7H,5H2,1-4H3,(H2,11,12,13,14,15)/t6-,7+/m0/s1. The van der Waals surface area contributed by atoms with E-state index in [1.54, 1.807) is 0 Å². The number of H-pyrrole nitrogens is 1. The number of rotatable bonds is 5. The van der Waals surface area contributed by atoms with E-state index in [1.165, 1.54) is 7.11 Å². The van der Waals surface area contributed by atoms with E-state index in [4.69, 9.17) is 4.74 Å². The van der Waals surface area contributed by atoms with Crippen LogP contribution in [0, 0.1) is 11.8 Å². The van der Waals surface area contributed by atoms with Gasteiger partial charge in [0.25, 0.3) is 0 Å². The molecule has 0 fully saturated rings. The second kappa shape index (κ2) is 5.48. The third-order valence-electron chi connectivity index (χ3n) is 2.80. The molecule has 0 saturated carbocycles. The van der Waals surface area contributed by atoms with Crippen LogP contribution in [0.3, 0.4) is 0 Å². The first-order valence-corrected chi connectivity index (χ1v) is 5.35. The molecule has 0 unspecified atom stereocenters. The van der Waals surface area contributed by atoms with Gasteiger partial charge in [0.2, 0.25) is 11.9 Å². The number of nitrogens with zero attached hydrogens (tertiary/aromatic N) is 2. The Labute approximate surface area is 94.8 Å². The average Bonchev–Trinajstić information content (AvgIpc) is 2.74. The zero-order valence-corrected chi connectivity index (χ0v) is 10.1. The Hall–Kier alpha value is -1.59. The molecular formula is C10H18N4O2. The smallest absolute Gasteiger partial charge is 0.336 e. The number of aromatic amines is 1. The number of anilines is 1. The van der Waals surface area contributed by atoms with Crippen LogP contribution >= 0.6 is 0 Å². The minimum absolute atomic E-state index is 0.0545. The number of nitrogens with one attached hydrogen (secondary N) is 2. The maximum atomic E-state index is 11.8. The van der Waals surface area contributed by atoms with Gasteiger partial charge in [-0.25, -0.2) is 5.10 Å². The van der Waals surface area contributed by atoms with Gasteiger partial charge in [-0.15, -0.1) is 5.10 Å². The molecule has 0 spiro atoms. The molecule has 16 heavy (non-hydrogen) atoms. The van der Waals surface area contributed by atoms with Crippen LogP contribution in [0.2, 0.25) is 0 Å². The van der Waals surface area contributed by atoms with E-state index in [0.717, 1.165) is 6.42 Å². The Kier molecular flexibility index (Phi) is 4.28. The van der Waals surface area contributed by atoms with Crippen LogP contribution in [-0.4, -0.2) is 28.2 Å². The normalized spacial score (nSPS) is 14.2. The quantitative estimate of drug-likeness (QED) is 0.796. The fourth-order valence-electron chi connectivity index (χ4n) is 1.24. The monoisotopic (exact) mass is 226 g/mol. The van der Waals surface area contributed by atoms with Crippen LogP contribution in [0.15, 0.2) is 0 Å². The molecule has 1 aromatic rings. The van der Waals surface area contributed by atoms with Gasteiger partial charge >= 0.3 is 6.01 Å². The maximum Gasteiger partial charge on any atom is 0.336 e. The summed E-state index contributed by atoms with van der Waals surface area (Å²) in [4.78, 5) is 15.7. The fraction of sp³-hybridized carbons (Fsp3) is 0.700. The lowest BCUT2D eigenvalue weighted by Crippen LogP contribution is -2.25. The second-order valence-electron chi connectivity index (χ2n) is 3.83. The van der Waals surface area contributed by atoms with Crippen LogP contribution in [-0.2, 0) is 4.79 Å². The van der Waals surface area contributed by atoms with E-state index < -0.39 is 0 Å². The Morgan fingerprint density at radius 3 is 2.75 bits per heavy atom. The summed E-state index contributed by atoms with van der Waals surface area (Å²) in [7, 11) is 1.47. The van der Waals surface area contributed by atoms with Gasteiger partial charge in [0.05, 0.1) is 7.11 Å². The molecule has 1 aromatic heterocycles. The van der Waals surface area contributed by atoms with E-state index in [-0.39, 0.29) is 17.8 Å². The van der Waals surface area contributed by atoms with Crippen molar-refractivity contribution in [2.45, 2.75) is 27.2 Å². The predicted molar refractivity (Wildman–Crippen MR) is 60.2 cm³/mol. The highest BCUT2D eigenvalue weighted by molar-refractivity contribution is 5.90. The van der Waals surface area contributed by atoms with Crippen molar-refractivity contribution in [3.8, 4) is 6.01 Å². The van der Waals surface area contributed by atoms with Crippen molar-refractivity contribution in [2.75, 3.05) is 12.4 Å². The van der Waals surface area contributed by atoms with Crippen LogP contribution in [0.4, 0.5) is 5.95 Å². The number of amides is 1. The van der Waals surface area contributed by atoms with Gasteiger partial charge < -0.3 is 4.74 Å². The molecule has 6 heteroatoms. The van der Waals surface area contributed by atoms with Gasteiger partial charge in [0.15, 0.2) is 0 Å². The lowest BCUT2D eigenvalue weighted by molar-refractivity contribution is -0.120. The van der Waals surface area contributed by atoms with E-state index in [0.29, 0.717) is 11.9 Å². The van der Waals surface area contributed by atoms with E-state index in [2.05, 4.69) is 27.4 Å². The summed E-state index contributed by atoms with van der Waals surface area (Å²) in [5.74, 6) is 0.538. The molecule has 0 aliphatic carbocycles. The lowest BCUT2D eigenvalue weighted by atomic mass is 9.93. The van der Waals surface area contributed by atoms with E-state index >= 15 is 0 Å². The van der Waals surface area contributed by atoms with Gasteiger partial charge in [-0.05, 0) is 5.92 Å². The molecule has 0 aliphatic rings. The molecular weight excluding hydrogens is 208 g/mol. The zero-order valence-electron chi connectivity index (χ0n) is 10.1. The van der Waals surface area contributed by atoms with Gasteiger partial charge in [0.1, 0.15) is 0 Å². The van der Waals surface area contributed by atoms with Crippen molar-refractivity contribution in [1.82, 2.24) is 15.2 Å². The highest BCUT2D eigenvalue weighted by atomic mass is 16.5. The summed E-state index contributed by atoms with van der Waals surface area (Å²) in [6.45, 7) is 6.01. The SMILES string of the molecule is CC[C@H](C)[C@@H](C)C(=O)Nc1nc(OC)n[nH]1. The molecule has 90 valence electrons. The van der Waals surface area contributed by atoms with Crippen molar-refractivity contribution >= 4 is 11.9 Å². The molecule has 0 bridgehead atoms. The first kappa shape index (κ1) is 12.5. The molecule has 1 heterocycles. The summed E-state index contributed by atoms with van der Waals surface area (Å²) in [5, 5.41) is 8.98. The van der Waals surface area contributed by atoms with Crippen LogP contribution in [0.25, 0.3) is 0 Å². The lowest BCUT2D eigenvalue weighted by Gasteiger charge is -2.16. The molecule has 1 amide bonds. The third kappa shape index (κ3) is 2.95. The first-order chi connectivity index (χ1) is 7.58. The molecule has 2 N–H and O–H groups in total. The topological polar surface area (TPSA) is 79.9 Å². The zero-order chi connectivity index (χ0) is 12.1. The molecule has 0 radical (unpaired) electrons. The second-order valence-corrected chi connectivity index (χ2v) is 3.83. The molecule has 2 atom stereocenters. The molecule has 0 saturated heterocycles. The number of carbonyl (C=O) groups is 1. The first-order valence-electron chi connectivity index (χ1n) is 5.35. The van der Waals surface area contributed by atoms with Gasteiger partial charge in [-0.3, -0.25) is 10.1 Å². The summed E-state index contributed by atoms with van der Waals surface area (Å²) in [6.07, 6.45) is 0.967. The summed E-state index contributed by atoms with van der Waals surface area (Å²) in [5.41, 5.74) is 0. The van der Waals surface area contributed by atoms with Gasteiger partial charge in [0, 0.05) is 5.92 Å². The highest BCUT2D eigenvalue weighted by Crippen LogP contribution is 2.16. The molecule has 1 rings (SSSR count). The number of hydrogen-bond acceptors (Lipinski definition) is 4. The molecule has 0 aromatic carbocycles. The van der Waals surface area contributed by atoms with Gasteiger partial charge in [-0.2, -0.15) is 4.98 Å². The summed E-state index contributed by atoms with van der Waals surface area (Å²) < 4.78 is 4.80. The van der Waals surface area contributed by atoms with Crippen LogP contribution < -0.4 is 10.1 Å². The summed E-state index contributed by atoms with van der Waals surface area (Å²) >= 11 is 0. The van der Waals surface area contributed by atoms with Crippen LogP contribution in [0.1, 0.15) is 27.2 Å². The number of aromatic nitrogens is 3. The largest absolute Gasteiger partial charge is 0.466 e. The third-order valence-corrected chi connectivity index (χ3v) is 2.80.